The van der Waals surface area contributed by atoms with Gasteiger partial charge in [0.1, 0.15) is 16.8 Å². The Morgan fingerprint density at radius 3 is 1.36 bits per heavy atom. The van der Waals surface area contributed by atoms with Gasteiger partial charge < -0.3 is 54.5 Å². The zero-order valence-electron chi connectivity index (χ0n) is 42.5. The first-order chi connectivity index (χ1) is 29.8. The van der Waals surface area contributed by atoms with Crippen molar-refractivity contribution in [1.29, 1.82) is 0 Å². The second-order valence-electron chi connectivity index (χ2n) is 20.2. The molecule has 376 valence electrons. The van der Waals surface area contributed by atoms with Gasteiger partial charge in [0, 0.05) is 136 Å². The number of aliphatic hydroxyl groups is 2. The lowest BCUT2D eigenvalue weighted by Gasteiger charge is -2.40. The molecule has 18 nitrogen and oxygen atoms in total. The van der Waals surface area contributed by atoms with Crippen LogP contribution < -0.4 is 10.6 Å². The molecule has 4 heterocycles. The predicted octanol–water partition coefficient (Wildman–Crippen LogP) is 4.07. The smallest absolute Gasteiger partial charge is 0.410 e. The molecule has 0 radical (unpaired) electrons. The standard InChI is InChI=1S/C15H28N2O4.C13H26N2O3.C10H20N2O2.C8H18N2O/c1-6-20-13(18)7-8-16-9-10-17(11-12(16)2)14(19)21-15(3,4)5;1-11-10-15(12(17)18-13(2,3)4)8-7-14(11)6-5-9-16;1-8-7-12(6-5-11-8)9(13)14-10(2,3)4;1-8-7-9-3-5-10(8)4-2-6-11/h12H,6-11H2,1-5H3;11,16H,5-10H2,1-4H3;8,11H,5-7H2,1-4H3;8-9,11H,2-7H2,1H3/t12-;11-;2*8-/m0000/s1. The zero-order valence-corrected chi connectivity index (χ0v) is 42.5. The molecular weight excluding hydrogens is 825 g/mol. The van der Waals surface area contributed by atoms with Crippen LogP contribution >= 0.6 is 0 Å². The van der Waals surface area contributed by atoms with Crippen LogP contribution in [0.4, 0.5) is 14.4 Å². The Morgan fingerprint density at radius 1 is 0.562 bits per heavy atom. The second kappa shape index (κ2) is 29.6. The van der Waals surface area contributed by atoms with E-state index < -0.39 is 16.8 Å². The maximum absolute atomic E-state index is 12.0. The quantitative estimate of drug-likeness (QED) is 0.181. The van der Waals surface area contributed by atoms with Gasteiger partial charge in [0.05, 0.1) is 13.0 Å². The summed E-state index contributed by atoms with van der Waals surface area (Å²) in [5.41, 5.74) is -1.30. The lowest BCUT2D eigenvalue weighted by molar-refractivity contribution is -0.143. The first-order valence-electron chi connectivity index (χ1n) is 23.8. The molecule has 0 unspecified atom stereocenters. The molecule has 0 spiro atoms. The number of ether oxygens (including phenoxy) is 4. The van der Waals surface area contributed by atoms with Gasteiger partial charge in [-0.1, -0.05) is 0 Å². The van der Waals surface area contributed by atoms with E-state index in [0.717, 1.165) is 78.3 Å². The first kappa shape index (κ1) is 59.0. The number of carbonyl (C=O) groups excluding carboxylic acids is 4. The third-order valence-corrected chi connectivity index (χ3v) is 10.6. The van der Waals surface area contributed by atoms with Gasteiger partial charge in [-0.3, -0.25) is 19.5 Å². The molecule has 4 aliphatic rings. The van der Waals surface area contributed by atoms with E-state index in [1.165, 1.54) is 0 Å². The molecule has 3 amide bonds. The topological polar surface area (TPSA) is 189 Å². The number of amides is 3. The summed E-state index contributed by atoms with van der Waals surface area (Å²) in [7, 11) is 0. The van der Waals surface area contributed by atoms with Crippen LogP contribution in [0, 0.1) is 0 Å². The van der Waals surface area contributed by atoms with Gasteiger partial charge in [-0.15, -0.1) is 0 Å². The summed E-state index contributed by atoms with van der Waals surface area (Å²) in [4.78, 5) is 59.2. The molecule has 4 fully saturated rings. The molecule has 0 aliphatic carbocycles. The monoisotopic (exact) mass is 917 g/mol. The summed E-state index contributed by atoms with van der Waals surface area (Å²) in [6, 6.07) is 1.52. The van der Waals surface area contributed by atoms with Crippen molar-refractivity contribution in [2.24, 2.45) is 0 Å². The molecule has 4 saturated heterocycles. The molecular formula is C46H92N8O10. The van der Waals surface area contributed by atoms with Crippen molar-refractivity contribution in [3.63, 3.8) is 0 Å². The third-order valence-electron chi connectivity index (χ3n) is 10.6. The number of nitrogens with one attached hydrogen (secondary N) is 2. The molecule has 64 heavy (non-hydrogen) atoms. The molecule has 4 rings (SSSR count). The summed E-state index contributed by atoms with van der Waals surface area (Å²) < 4.78 is 21.0. The van der Waals surface area contributed by atoms with Crippen molar-refractivity contribution in [3.05, 3.63) is 0 Å². The fraction of sp³-hybridized carbons (Fsp3) is 0.913. The number of aliphatic hydroxyl groups excluding tert-OH is 2. The van der Waals surface area contributed by atoms with Gasteiger partial charge >= 0.3 is 24.2 Å². The van der Waals surface area contributed by atoms with Crippen molar-refractivity contribution in [3.8, 4) is 0 Å². The maximum atomic E-state index is 12.0. The normalized spacial score (nSPS) is 22.7. The number of piperazine rings is 4. The SMILES string of the molecule is CCOC(=O)CCN1CCN(C(=O)OC(C)(C)C)C[C@@H]1C.C[C@H]1CN(C(=O)OC(C)(C)C)CCN1.C[C@H]1CN(C(=O)OC(C)(C)C)CCN1CCCO.C[C@H]1CNCCN1CCCO. The average molecular weight is 917 g/mol. The molecule has 0 aromatic heterocycles. The minimum Gasteiger partial charge on any atom is -0.466 e. The lowest BCUT2D eigenvalue weighted by Crippen LogP contribution is -2.54. The van der Waals surface area contributed by atoms with E-state index in [0.29, 0.717) is 70.5 Å². The third kappa shape index (κ3) is 26.2. The number of rotatable bonds is 10. The first-order valence-corrected chi connectivity index (χ1v) is 23.8. The van der Waals surface area contributed by atoms with Gasteiger partial charge in [0.25, 0.3) is 0 Å². The summed E-state index contributed by atoms with van der Waals surface area (Å²) in [6.45, 7) is 40.6. The van der Waals surface area contributed by atoms with Crippen molar-refractivity contribution < 1.29 is 48.3 Å². The Kier molecular flexibility index (Phi) is 27.3. The number of hydrogen-bond acceptors (Lipinski definition) is 15. The van der Waals surface area contributed by atoms with Gasteiger partial charge in [-0.05, 0) is 110 Å². The summed E-state index contributed by atoms with van der Waals surface area (Å²) in [6.07, 6.45) is 1.40. The minimum atomic E-state index is -0.471. The van der Waals surface area contributed by atoms with Gasteiger partial charge in [-0.25, -0.2) is 14.4 Å². The predicted molar refractivity (Wildman–Crippen MR) is 252 cm³/mol. The van der Waals surface area contributed by atoms with Crippen molar-refractivity contribution in [2.75, 3.05) is 118 Å². The Bertz CT molecular complexity index is 1340. The van der Waals surface area contributed by atoms with E-state index in [2.05, 4.69) is 53.0 Å². The lowest BCUT2D eigenvalue weighted by atomic mass is 10.2. The highest BCUT2D eigenvalue weighted by atomic mass is 16.6. The molecule has 18 heteroatoms. The molecule has 0 aromatic rings. The average Bonchev–Trinajstić information content (AvgIpc) is 3.18. The Hall–Kier alpha value is -3.00. The highest BCUT2D eigenvalue weighted by molar-refractivity contribution is 5.70. The van der Waals surface area contributed by atoms with Gasteiger partial charge in [0.2, 0.25) is 0 Å². The fourth-order valence-electron chi connectivity index (χ4n) is 7.30. The minimum absolute atomic E-state index is 0.167. The second-order valence-corrected chi connectivity index (χ2v) is 20.2. The zero-order chi connectivity index (χ0) is 48.7. The Balaban J connectivity index is 0.000000438. The maximum Gasteiger partial charge on any atom is 0.410 e. The van der Waals surface area contributed by atoms with E-state index in [-0.39, 0.29) is 36.9 Å². The van der Waals surface area contributed by atoms with Crippen LogP contribution in [0.3, 0.4) is 0 Å². The molecule has 4 atom stereocenters. The summed E-state index contributed by atoms with van der Waals surface area (Å²) in [5.74, 6) is -0.167. The molecule has 0 bridgehead atoms. The van der Waals surface area contributed by atoms with Crippen molar-refractivity contribution >= 4 is 24.2 Å². The Morgan fingerprint density at radius 2 is 0.984 bits per heavy atom. The summed E-state index contributed by atoms with van der Waals surface area (Å²) >= 11 is 0. The van der Waals surface area contributed by atoms with Gasteiger partial charge in [-0.2, -0.15) is 0 Å². The van der Waals surface area contributed by atoms with Crippen LogP contribution in [0.5, 0.6) is 0 Å². The largest absolute Gasteiger partial charge is 0.466 e. The van der Waals surface area contributed by atoms with Crippen molar-refractivity contribution in [1.82, 2.24) is 40.0 Å². The highest BCUT2D eigenvalue weighted by Gasteiger charge is 2.31. The van der Waals surface area contributed by atoms with Crippen molar-refractivity contribution in [2.45, 2.75) is 157 Å². The number of hydrogen-bond donors (Lipinski definition) is 4. The van der Waals surface area contributed by atoms with Crippen LogP contribution in [-0.4, -0.2) is 223 Å². The molecule has 0 saturated carbocycles. The highest BCUT2D eigenvalue weighted by Crippen LogP contribution is 2.17. The van der Waals surface area contributed by atoms with E-state index >= 15 is 0 Å². The van der Waals surface area contributed by atoms with E-state index in [4.69, 9.17) is 29.2 Å². The number of carbonyl (C=O) groups is 4. The van der Waals surface area contributed by atoms with Crippen LogP contribution in [-0.2, 0) is 23.7 Å². The molecule has 4 aliphatic heterocycles. The Labute approximate surface area is 387 Å². The van der Waals surface area contributed by atoms with Crippen LogP contribution in [0.2, 0.25) is 0 Å². The van der Waals surface area contributed by atoms with Crippen LogP contribution in [0.25, 0.3) is 0 Å². The van der Waals surface area contributed by atoms with E-state index in [1.54, 1.807) is 21.6 Å². The van der Waals surface area contributed by atoms with Crippen LogP contribution in [0.1, 0.15) is 116 Å². The molecule has 4 N–H and O–H groups in total. The fourth-order valence-corrected chi connectivity index (χ4v) is 7.30. The van der Waals surface area contributed by atoms with E-state index in [1.807, 2.05) is 62.3 Å². The van der Waals surface area contributed by atoms with Crippen LogP contribution in [0.15, 0.2) is 0 Å². The number of esters is 1. The number of nitrogens with zero attached hydrogens (tertiary/aromatic N) is 6. The van der Waals surface area contributed by atoms with Gasteiger partial charge in [0.15, 0.2) is 0 Å². The van der Waals surface area contributed by atoms with E-state index in [9.17, 15) is 19.2 Å². The molecule has 0 aromatic carbocycles. The summed E-state index contributed by atoms with van der Waals surface area (Å²) in [5, 5.41) is 24.1.